The molecule has 1 aliphatic rings. The van der Waals surface area contributed by atoms with Gasteiger partial charge in [0.05, 0.1) is 17.0 Å². The molecule has 0 saturated carbocycles. The number of hydrogen-bond acceptors (Lipinski definition) is 3. The molecule has 128 valence electrons. The third-order valence-corrected chi connectivity index (χ3v) is 4.66. The van der Waals surface area contributed by atoms with Crippen LogP contribution in [0.3, 0.4) is 0 Å². The van der Waals surface area contributed by atoms with Gasteiger partial charge in [0.2, 0.25) is 5.91 Å². The Hall–Kier alpha value is -2.57. The first-order chi connectivity index (χ1) is 11.5. The summed E-state index contributed by atoms with van der Waals surface area (Å²) in [7, 11) is 0. The number of fused-ring (bicyclic) bond motifs is 1. The van der Waals surface area contributed by atoms with Gasteiger partial charge in [-0.2, -0.15) is 0 Å². The number of benzene rings is 1. The largest absolute Gasteiger partial charge is 0.481 e. The SMILES string of the molecule is CCn1c(=O)n(CC(=O)N2CCCC(C(=O)O)C2)c2ccccc21. The lowest BCUT2D eigenvalue weighted by molar-refractivity contribution is -0.145. The van der Waals surface area contributed by atoms with Gasteiger partial charge in [0.25, 0.3) is 0 Å². The van der Waals surface area contributed by atoms with E-state index in [1.54, 1.807) is 9.47 Å². The predicted molar refractivity (Wildman–Crippen MR) is 88.8 cm³/mol. The number of imidazole rings is 1. The van der Waals surface area contributed by atoms with Crippen molar-refractivity contribution in [3.63, 3.8) is 0 Å². The predicted octanol–water partition coefficient (Wildman–Crippen LogP) is 1.15. The molecule has 1 aromatic heterocycles. The number of carbonyl (C=O) groups is 2. The fourth-order valence-electron chi connectivity index (χ4n) is 3.37. The van der Waals surface area contributed by atoms with Crippen molar-refractivity contribution in [3.8, 4) is 0 Å². The third-order valence-electron chi connectivity index (χ3n) is 4.66. The molecule has 3 rings (SSSR count). The van der Waals surface area contributed by atoms with Gasteiger partial charge in [0.1, 0.15) is 6.54 Å². The van der Waals surface area contributed by atoms with Crippen LogP contribution in [0.25, 0.3) is 11.0 Å². The molecule has 2 aromatic rings. The molecule has 1 aliphatic heterocycles. The number of carbonyl (C=O) groups excluding carboxylic acids is 1. The summed E-state index contributed by atoms with van der Waals surface area (Å²) in [5.41, 5.74) is 1.32. The van der Waals surface area contributed by atoms with Crippen LogP contribution in [0.15, 0.2) is 29.1 Å². The second-order valence-corrected chi connectivity index (χ2v) is 6.12. The van der Waals surface area contributed by atoms with Gasteiger partial charge in [-0.3, -0.25) is 18.7 Å². The molecule has 7 heteroatoms. The van der Waals surface area contributed by atoms with Crippen molar-refractivity contribution in [3.05, 3.63) is 34.7 Å². The topological polar surface area (TPSA) is 84.5 Å². The maximum Gasteiger partial charge on any atom is 0.329 e. The fourth-order valence-corrected chi connectivity index (χ4v) is 3.37. The maximum absolute atomic E-state index is 12.6. The molecule has 1 atom stereocenters. The molecular weight excluding hydrogens is 310 g/mol. The quantitative estimate of drug-likeness (QED) is 0.911. The summed E-state index contributed by atoms with van der Waals surface area (Å²) in [4.78, 5) is 37.9. The molecule has 0 aliphatic carbocycles. The van der Waals surface area contributed by atoms with E-state index in [1.807, 2.05) is 31.2 Å². The summed E-state index contributed by atoms with van der Waals surface area (Å²) in [6.07, 6.45) is 1.27. The Morgan fingerprint density at radius 3 is 2.50 bits per heavy atom. The smallest absolute Gasteiger partial charge is 0.329 e. The molecular formula is C17H21N3O4. The standard InChI is InChI=1S/C17H21N3O4/c1-2-19-13-7-3-4-8-14(13)20(17(19)24)11-15(21)18-9-5-6-12(10-18)16(22)23/h3-4,7-8,12H,2,5-6,9-11H2,1H3,(H,22,23). The van der Waals surface area contributed by atoms with E-state index in [-0.39, 0.29) is 24.7 Å². The summed E-state index contributed by atoms with van der Waals surface area (Å²) in [6.45, 7) is 3.13. The number of carboxylic acid groups (broad SMARTS) is 1. The molecule has 24 heavy (non-hydrogen) atoms. The average Bonchev–Trinajstić information content (AvgIpc) is 2.86. The summed E-state index contributed by atoms with van der Waals surface area (Å²) in [6, 6.07) is 7.39. The molecule has 0 spiro atoms. The van der Waals surface area contributed by atoms with Crippen molar-refractivity contribution in [1.29, 1.82) is 0 Å². The second-order valence-electron chi connectivity index (χ2n) is 6.12. The molecule has 2 heterocycles. The number of aliphatic carboxylic acids is 1. The second kappa shape index (κ2) is 6.51. The van der Waals surface area contributed by atoms with E-state index in [2.05, 4.69) is 0 Å². The highest BCUT2D eigenvalue weighted by molar-refractivity contribution is 5.81. The number of nitrogens with zero attached hydrogens (tertiary/aromatic N) is 3. The number of rotatable bonds is 4. The third kappa shape index (κ3) is 2.81. The number of hydrogen-bond donors (Lipinski definition) is 1. The maximum atomic E-state index is 12.6. The minimum absolute atomic E-state index is 0.0569. The van der Waals surface area contributed by atoms with Gasteiger partial charge in [-0.15, -0.1) is 0 Å². The van der Waals surface area contributed by atoms with Gasteiger partial charge in [0, 0.05) is 19.6 Å². The Morgan fingerprint density at radius 1 is 1.21 bits per heavy atom. The van der Waals surface area contributed by atoms with Crippen molar-refractivity contribution < 1.29 is 14.7 Å². The van der Waals surface area contributed by atoms with Crippen LogP contribution in [0.4, 0.5) is 0 Å². The van der Waals surface area contributed by atoms with Crippen LogP contribution < -0.4 is 5.69 Å². The van der Waals surface area contributed by atoms with E-state index in [1.165, 1.54) is 4.57 Å². The summed E-state index contributed by atoms with van der Waals surface area (Å²) >= 11 is 0. The minimum atomic E-state index is -0.868. The van der Waals surface area contributed by atoms with Crippen LogP contribution in [0.2, 0.25) is 0 Å². The van der Waals surface area contributed by atoms with Crippen molar-refractivity contribution in [1.82, 2.24) is 14.0 Å². The minimum Gasteiger partial charge on any atom is -0.481 e. The highest BCUT2D eigenvalue weighted by Gasteiger charge is 2.28. The Bertz CT molecular complexity index is 836. The number of aryl methyl sites for hydroxylation is 1. The number of likely N-dealkylation sites (tertiary alicyclic amines) is 1. The van der Waals surface area contributed by atoms with Crippen LogP contribution in [0.5, 0.6) is 0 Å². The Balaban J connectivity index is 1.87. The van der Waals surface area contributed by atoms with Crippen LogP contribution in [-0.2, 0) is 22.7 Å². The van der Waals surface area contributed by atoms with Crippen molar-refractivity contribution in [2.45, 2.75) is 32.9 Å². The zero-order chi connectivity index (χ0) is 17.3. The Labute approximate surface area is 139 Å². The fraction of sp³-hybridized carbons (Fsp3) is 0.471. The van der Waals surface area contributed by atoms with Crippen molar-refractivity contribution in [2.75, 3.05) is 13.1 Å². The summed E-state index contributed by atoms with van der Waals surface area (Å²) in [5.74, 6) is -1.59. The average molecular weight is 331 g/mol. The van der Waals surface area contributed by atoms with Gasteiger partial charge in [-0.05, 0) is 31.9 Å². The molecule has 1 unspecified atom stereocenters. The molecule has 7 nitrogen and oxygen atoms in total. The van der Waals surface area contributed by atoms with Crippen LogP contribution in [0.1, 0.15) is 19.8 Å². The van der Waals surface area contributed by atoms with E-state index in [0.29, 0.717) is 25.9 Å². The van der Waals surface area contributed by atoms with Crippen LogP contribution >= 0.6 is 0 Å². The summed E-state index contributed by atoms with van der Waals surface area (Å²) < 4.78 is 3.12. The number of piperidine rings is 1. The zero-order valence-electron chi connectivity index (χ0n) is 13.6. The molecule has 1 saturated heterocycles. The normalized spacial score (nSPS) is 18.0. The van der Waals surface area contributed by atoms with Gasteiger partial charge in [-0.1, -0.05) is 12.1 Å². The van der Waals surface area contributed by atoms with Crippen molar-refractivity contribution >= 4 is 22.9 Å². The lowest BCUT2D eigenvalue weighted by Crippen LogP contribution is -2.44. The molecule has 0 radical (unpaired) electrons. The van der Waals surface area contributed by atoms with Gasteiger partial charge >= 0.3 is 11.7 Å². The monoisotopic (exact) mass is 331 g/mol. The molecule has 1 fully saturated rings. The van der Waals surface area contributed by atoms with E-state index in [9.17, 15) is 14.4 Å². The first kappa shape index (κ1) is 16.3. The molecule has 1 N–H and O–H groups in total. The summed E-state index contributed by atoms with van der Waals surface area (Å²) in [5, 5.41) is 9.15. The van der Waals surface area contributed by atoms with Gasteiger partial charge in [0.15, 0.2) is 0 Å². The highest BCUT2D eigenvalue weighted by atomic mass is 16.4. The Morgan fingerprint density at radius 2 is 1.88 bits per heavy atom. The molecule has 0 bridgehead atoms. The zero-order valence-corrected chi connectivity index (χ0v) is 13.6. The number of carboxylic acids is 1. The Kier molecular flexibility index (Phi) is 4.42. The van der Waals surface area contributed by atoms with E-state index < -0.39 is 11.9 Å². The molecule has 1 aromatic carbocycles. The molecule has 1 amide bonds. The number of aromatic nitrogens is 2. The van der Waals surface area contributed by atoms with E-state index in [4.69, 9.17) is 5.11 Å². The lowest BCUT2D eigenvalue weighted by Gasteiger charge is -2.30. The van der Waals surface area contributed by atoms with Crippen molar-refractivity contribution in [2.24, 2.45) is 5.92 Å². The number of para-hydroxylation sites is 2. The first-order valence-corrected chi connectivity index (χ1v) is 8.21. The van der Waals surface area contributed by atoms with E-state index >= 15 is 0 Å². The van der Waals surface area contributed by atoms with E-state index in [0.717, 1.165) is 11.0 Å². The number of amides is 1. The van der Waals surface area contributed by atoms with Crippen LogP contribution in [-0.4, -0.2) is 44.1 Å². The first-order valence-electron chi connectivity index (χ1n) is 8.21. The van der Waals surface area contributed by atoms with Gasteiger partial charge in [-0.25, -0.2) is 4.79 Å². The van der Waals surface area contributed by atoms with Crippen LogP contribution in [0, 0.1) is 5.92 Å². The van der Waals surface area contributed by atoms with Gasteiger partial charge < -0.3 is 10.0 Å². The lowest BCUT2D eigenvalue weighted by atomic mass is 9.98. The highest BCUT2D eigenvalue weighted by Crippen LogP contribution is 2.18.